The van der Waals surface area contributed by atoms with E-state index in [1.165, 1.54) is 18.2 Å². The number of aromatic nitrogens is 2. The van der Waals surface area contributed by atoms with Gasteiger partial charge in [0, 0.05) is 17.8 Å². The Morgan fingerprint density at radius 3 is 2.44 bits per heavy atom. The second-order valence-corrected chi connectivity index (χ2v) is 8.22. The summed E-state index contributed by atoms with van der Waals surface area (Å²) in [7, 11) is 0. The summed E-state index contributed by atoms with van der Waals surface area (Å²) in [6.45, 7) is 4.33. The van der Waals surface area contributed by atoms with E-state index >= 15 is 0 Å². The van der Waals surface area contributed by atoms with Gasteiger partial charge in [0.05, 0.1) is 16.8 Å². The van der Waals surface area contributed by atoms with Crippen LogP contribution in [0.1, 0.15) is 33.1 Å². The van der Waals surface area contributed by atoms with Crippen molar-refractivity contribution in [2.24, 2.45) is 0 Å². The van der Waals surface area contributed by atoms with Gasteiger partial charge in [-0.25, -0.2) is 4.98 Å². The van der Waals surface area contributed by atoms with Crippen molar-refractivity contribution in [2.75, 3.05) is 5.75 Å². The molecule has 0 saturated carbocycles. The molecule has 2 atom stereocenters. The summed E-state index contributed by atoms with van der Waals surface area (Å²) >= 11 is 1.53. The van der Waals surface area contributed by atoms with Gasteiger partial charge in [0.2, 0.25) is 5.91 Å². The highest BCUT2D eigenvalue weighted by molar-refractivity contribution is 7.99. The van der Waals surface area contributed by atoms with Crippen molar-refractivity contribution in [3.05, 3.63) is 54.6 Å². The molecule has 4 nitrogen and oxygen atoms in total. The SMILES string of the molecule is CC1CCCC(C)N1C(=O)CSc1nc2ccccc2n1-c1ccccc1. The Hall–Kier alpha value is -2.27. The fourth-order valence-corrected chi connectivity index (χ4v) is 4.94. The Kier molecular flexibility index (Phi) is 5.21. The van der Waals surface area contributed by atoms with Crippen molar-refractivity contribution >= 4 is 28.7 Å². The van der Waals surface area contributed by atoms with Crippen LogP contribution in [-0.4, -0.2) is 38.2 Å². The summed E-state index contributed by atoms with van der Waals surface area (Å²) in [5.74, 6) is 0.636. The molecule has 2 unspecified atom stereocenters. The first-order valence-electron chi connectivity index (χ1n) is 9.62. The Morgan fingerprint density at radius 2 is 1.70 bits per heavy atom. The number of hydrogen-bond donors (Lipinski definition) is 0. The molecule has 27 heavy (non-hydrogen) atoms. The zero-order valence-corrected chi connectivity index (χ0v) is 16.7. The minimum atomic E-state index is 0.214. The number of likely N-dealkylation sites (tertiary alicyclic amines) is 1. The first-order chi connectivity index (χ1) is 13.1. The van der Waals surface area contributed by atoms with E-state index < -0.39 is 0 Å². The molecule has 1 aliphatic heterocycles. The third kappa shape index (κ3) is 3.61. The highest BCUT2D eigenvalue weighted by Crippen LogP contribution is 2.29. The number of carbonyl (C=O) groups excluding carboxylic acids is 1. The van der Waals surface area contributed by atoms with Crippen LogP contribution >= 0.6 is 11.8 Å². The summed E-state index contributed by atoms with van der Waals surface area (Å²) in [5.41, 5.74) is 3.09. The van der Waals surface area contributed by atoms with Crippen molar-refractivity contribution < 1.29 is 4.79 Å². The molecule has 0 radical (unpaired) electrons. The molecule has 2 aromatic carbocycles. The minimum absolute atomic E-state index is 0.214. The number of nitrogens with zero attached hydrogens (tertiary/aromatic N) is 3. The summed E-state index contributed by atoms with van der Waals surface area (Å²) in [6, 6.07) is 19.0. The number of rotatable bonds is 4. The van der Waals surface area contributed by atoms with E-state index in [0.717, 1.165) is 34.7 Å². The number of carbonyl (C=O) groups is 1. The second-order valence-electron chi connectivity index (χ2n) is 7.27. The fourth-order valence-electron chi connectivity index (χ4n) is 4.04. The lowest BCUT2D eigenvalue weighted by molar-refractivity contribution is -0.134. The minimum Gasteiger partial charge on any atom is -0.337 e. The van der Waals surface area contributed by atoms with Gasteiger partial charge >= 0.3 is 0 Å². The van der Waals surface area contributed by atoms with Gasteiger partial charge in [0.15, 0.2) is 5.16 Å². The van der Waals surface area contributed by atoms with Crippen LogP contribution in [0, 0.1) is 0 Å². The molecule has 3 aromatic rings. The molecule has 4 rings (SSSR count). The lowest BCUT2D eigenvalue weighted by atomic mass is 9.98. The summed E-state index contributed by atoms with van der Waals surface area (Å²) in [6.07, 6.45) is 3.41. The molecule has 1 aliphatic rings. The van der Waals surface area contributed by atoms with Crippen molar-refractivity contribution in [3.8, 4) is 5.69 Å². The van der Waals surface area contributed by atoms with Gasteiger partial charge in [-0.05, 0) is 57.4 Å². The first-order valence-corrected chi connectivity index (χ1v) is 10.6. The maximum Gasteiger partial charge on any atom is 0.233 e. The highest BCUT2D eigenvalue weighted by Gasteiger charge is 2.29. The van der Waals surface area contributed by atoms with Gasteiger partial charge in [-0.1, -0.05) is 42.1 Å². The van der Waals surface area contributed by atoms with Gasteiger partial charge in [-0.3, -0.25) is 9.36 Å². The van der Waals surface area contributed by atoms with E-state index in [4.69, 9.17) is 4.98 Å². The van der Waals surface area contributed by atoms with Crippen molar-refractivity contribution in [2.45, 2.75) is 50.4 Å². The number of imidazole rings is 1. The number of piperidine rings is 1. The molecule has 0 bridgehead atoms. The van der Waals surface area contributed by atoms with Gasteiger partial charge in [-0.2, -0.15) is 0 Å². The normalized spacial score (nSPS) is 20.1. The Bertz CT molecular complexity index is 927. The zero-order chi connectivity index (χ0) is 18.8. The van der Waals surface area contributed by atoms with Crippen molar-refractivity contribution in [3.63, 3.8) is 0 Å². The number of benzene rings is 2. The lowest BCUT2D eigenvalue weighted by Crippen LogP contribution is -2.48. The van der Waals surface area contributed by atoms with Crippen LogP contribution in [-0.2, 0) is 4.79 Å². The fraction of sp³-hybridized carbons (Fsp3) is 0.364. The maximum atomic E-state index is 12.9. The van der Waals surface area contributed by atoms with Crippen LogP contribution in [0.15, 0.2) is 59.8 Å². The second kappa shape index (κ2) is 7.77. The maximum absolute atomic E-state index is 12.9. The standard InChI is InChI=1S/C22H25N3OS/c1-16-9-8-10-17(2)24(16)21(26)15-27-22-23-19-13-6-7-14-20(19)25(22)18-11-4-3-5-12-18/h3-7,11-14,16-17H,8-10,15H2,1-2H3. The Labute approximate surface area is 164 Å². The largest absolute Gasteiger partial charge is 0.337 e. The topological polar surface area (TPSA) is 38.1 Å². The molecule has 140 valence electrons. The average Bonchev–Trinajstić information content (AvgIpc) is 3.05. The van der Waals surface area contributed by atoms with E-state index in [9.17, 15) is 4.79 Å². The van der Waals surface area contributed by atoms with Crippen LogP contribution in [0.3, 0.4) is 0 Å². The van der Waals surface area contributed by atoms with E-state index in [1.807, 2.05) is 36.4 Å². The quantitative estimate of drug-likeness (QED) is 0.605. The predicted molar refractivity (Wildman–Crippen MR) is 111 cm³/mol. The Balaban J connectivity index is 1.61. The van der Waals surface area contributed by atoms with Gasteiger partial charge in [0.25, 0.3) is 0 Å². The van der Waals surface area contributed by atoms with Crippen LogP contribution in [0.4, 0.5) is 0 Å². The number of thioether (sulfide) groups is 1. The molecule has 0 N–H and O–H groups in total. The molecule has 0 spiro atoms. The molecule has 1 fully saturated rings. The number of fused-ring (bicyclic) bond motifs is 1. The molecule has 1 amide bonds. The summed E-state index contributed by atoms with van der Waals surface area (Å²) in [5, 5.41) is 0.869. The van der Waals surface area contributed by atoms with Crippen LogP contribution in [0.25, 0.3) is 16.7 Å². The molecule has 2 heterocycles. The van der Waals surface area contributed by atoms with Gasteiger partial charge < -0.3 is 4.90 Å². The van der Waals surface area contributed by atoms with Gasteiger partial charge in [-0.15, -0.1) is 0 Å². The van der Waals surface area contributed by atoms with Crippen LogP contribution < -0.4 is 0 Å². The lowest BCUT2D eigenvalue weighted by Gasteiger charge is -2.39. The molecular weight excluding hydrogens is 354 g/mol. The zero-order valence-electron chi connectivity index (χ0n) is 15.8. The third-order valence-corrected chi connectivity index (χ3v) is 6.27. The average molecular weight is 380 g/mol. The number of para-hydroxylation sites is 3. The van der Waals surface area contributed by atoms with Crippen LogP contribution in [0.5, 0.6) is 0 Å². The monoisotopic (exact) mass is 379 g/mol. The number of amides is 1. The summed E-state index contributed by atoms with van der Waals surface area (Å²) < 4.78 is 2.15. The third-order valence-electron chi connectivity index (χ3n) is 5.35. The van der Waals surface area contributed by atoms with E-state index in [1.54, 1.807) is 0 Å². The smallest absolute Gasteiger partial charge is 0.233 e. The van der Waals surface area contributed by atoms with Crippen LogP contribution in [0.2, 0.25) is 0 Å². The molecule has 1 aromatic heterocycles. The van der Waals surface area contributed by atoms with Crippen molar-refractivity contribution in [1.82, 2.24) is 14.5 Å². The highest BCUT2D eigenvalue weighted by atomic mass is 32.2. The number of hydrogen-bond acceptors (Lipinski definition) is 3. The van der Waals surface area contributed by atoms with Crippen molar-refractivity contribution in [1.29, 1.82) is 0 Å². The molecule has 5 heteroatoms. The molecule has 1 saturated heterocycles. The van der Waals surface area contributed by atoms with E-state index in [0.29, 0.717) is 17.8 Å². The molecule has 0 aliphatic carbocycles. The van der Waals surface area contributed by atoms with E-state index in [-0.39, 0.29) is 5.91 Å². The van der Waals surface area contributed by atoms with Gasteiger partial charge in [0.1, 0.15) is 0 Å². The first kappa shape index (κ1) is 18.1. The van der Waals surface area contributed by atoms with E-state index in [2.05, 4.69) is 41.5 Å². The predicted octanol–water partition coefficient (Wildman–Crippen LogP) is 4.91. The summed E-state index contributed by atoms with van der Waals surface area (Å²) in [4.78, 5) is 19.8. The Morgan fingerprint density at radius 1 is 1.04 bits per heavy atom. The molecular formula is C22H25N3OS.